The molecule has 1 aliphatic rings. The fraction of sp³-hybridized carbons (Fsp3) is 0.583. The summed E-state index contributed by atoms with van der Waals surface area (Å²) in [7, 11) is 0. The minimum atomic E-state index is 0.179. The third-order valence-corrected chi connectivity index (χ3v) is 3.65. The van der Waals surface area contributed by atoms with E-state index in [0.717, 1.165) is 37.0 Å². The molecule has 0 amide bonds. The SMILES string of the molecule is Nc1nc(N(CCCO)C2CCC2)c2cn[nH]c2n1. The van der Waals surface area contributed by atoms with Gasteiger partial charge >= 0.3 is 0 Å². The van der Waals surface area contributed by atoms with E-state index in [1.165, 1.54) is 6.42 Å². The molecule has 7 nitrogen and oxygen atoms in total. The van der Waals surface area contributed by atoms with Crippen molar-refractivity contribution < 1.29 is 5.11 Å². The molecule has 0 spiro atoms. The van der Waals surface area contributed by atoms with Crippen molar-refractivity contribution in [2.24, 2.45) is 0 Å². The summed E-state index contributed by atoms with van der Waals surface area (Å²) in [4.78, 5) is 10.7. The number of aromatic amines is 1. The topological polar surface area (TPSA) is 104 Å². The van der Waals surface area contributed by atoms with Gasteiger partial charge < -0.3 is 15.7 Å². The Morgan fingerprint density at radius 2 is 2.26 bits per heavy atom. The van der Waals surface area contributed by atoms with Crippen LogP contribution in [0, 0.1) is 0 Å². The molecule has 0 atom stereocenters. The van der Waals surface area contributed by atoms with Crippen LogP contribution in [0.4, 0.5) is 11.8 Å². The van der Waals surface area contributed by atoms with Crippen LogP contribution in [0.25, 0.3) is 11.0 Å². The van der Waals surface area contributed by atoms with E-state index in [1.54, 1.807) is 6.20 Å². The van der Waals surface area contributed by atoms with Crippen molar-refractivity contribution in [2.45, 2.75) is 31.7 Å². The lowest BCUT2D eigenvalue weighted by Gasteiger charge is -2.38. The third-order valence-electron chi connectivity index (χ3n) is 3.65. The van der Waals surface area contributed by atoms with E-state index in [1.807, 2.05) is 0 Å². The number of anilines is 2. The number of hydrogen-bond acceptors (Lipinski definition) is 6. The minimum absolute atomic E-state index is 0.179. The van der Waals surface area contributed by atoms with Gasteiger partial charge in [0.2, 0.25) is 5.95 Å². The molecule has 1 aliphatic carbocycles. The van der Waals surface area contributed by atoms with Crippen LogP contribution in [-0.4, -0.2) is 44.5 Å². The van der Waals surface area contributed by atoms with Crippen molar-refractivity contribution in [1.82, 2.24) is 20.2 Å². The maximum absolute atomic E-state index is 9.06. The molecule has 102 valence electrons. The number of nitrogens with two attached hydrogens (primary N) is 1. The van der Waals surface area contributed by atoms with Crippen LogP contribution in [0.3, 0.4) is 0 Å². The van der Waals surface area contributed by atoms with Crippen LogP contribution in [0.15, 0.2) is 6.20 Å². The molecule has 2 aromatic rings. The number of aliphatic hydroxyl groups excluding tert-OH is 1. The molecule has 2 heterocycles. The van der Waals surface area contributed by atoms with Crippen LogP contribution in [0.1, 0.15) is 25.7 Å². The van der Waals surface area contributed by atoms with Gasteiger partial charge in [-0.15, -0.1) is 0 Å². The number of H-pyrrole nitrogens is 1. The quantitative estimate of drug-likeness (QED) is 0.732. The van der Waals surface area contributed by atoms with E-state index in [4.69, 9.17) is 10.8 Å². The number of hydrogen-bond donors (Lipinski definition) is 3. The monoisotopic (exact) mass is 262 g/mol. The first-order valence-electron chi connectivity index (χ1n) is 6.63. The second kappa shape index (κ2) is 5.00. The fourth-order valence-corrected chi connectivity index (χ4v) is 2.46. The van der Waals surface area contributed by atoms with Crippen LogP contribution in [0.2, 0.25) is 0 Å². The Hall–Kier alpha value is -1.89. The van der Waals surface area contributed by atoms with Crippen molar-refractivity contribution in [3.8, 4) is 0 Å². The van der Waals surface area contributed by atoms with Crippen molar-refractivity contribution in [2.75, 3.05) is 23.8 Å². The van der Waals surface area contributed by atoms with Gasteiger partial charge in [-0.3, -0.25) is 5.10 Å². The number of aliphatic hydroxyl groups is 1. The van der Waals surface area contributed by atoms with Gasteiger partial charge in [0.05, 0.1) is 11.6 Å². The van der Waals surface area contributed by atoms with Crippen molar-refractivity contribution >= 4 is 22.8 Å². The van der Waals surface area contributed by atoms with Crippen molar-refractivity contribution in [1.29, 1.82) is 0 Å². The summed E-state index contributed by atoms with van der Waals surface area (Å²) in [5.74, 6) is 1.08. The van der Waals surface area contributed by atoms with Crippen LogP contribution >= 0.6 is 0 Å². The number of nitrogens with one attached hydrogen (secondary N) is 1. The average molecular weight is 262 g/mol. The first kappa shape index (κ1) is 12.2. The second-order valence-corrected chi connectivity index (χ2v) is 4.89. The maximum Gasteiger partial charge on any atom is 0.224 e. The van der Waals surface area contributed by atoms with Crippen LogP contribution in [0.5, 0.6) is 0 Å². The predicted molar refractivity (Wildman–Crippen MR) is 72.8 cm³/mol. The summed E-state index contributed by atoms with van der Waals surface area (Å²) in [6, 6.07) is 0.485. The standard InChI is InChI=1S/C12H18N6O/c13-12-15-10-9(7-14-17-10)11(16-12)18(5-2-6-19)8-3-1-4-8/h7-8,19H,1-6H2,(H3,13,14,15,16,17). The molecule has 0 unspecified atom stereocenters. The molecule has 0 saturated heterocycles. The number of aromatic nitrogens is 4. The molecule has 1 fully saturated rings. The van der Waals surface area contributed by atoms with Gasteiger partial charge in [-0.1, -0.05) is 0 Å². The average Bonchev–Trinajstić information content (AvgIpc) is 2.78. The number of nitrogen functional groups attached to an aromatic ring is 1. The molecule has 19 heavy (non-hydrogen) atoms. The van der Waals surface area contributed by atoms with E-state index < -0.39 is 0 Å². The lowest BCUT2D eigenvalue weighted by Crippen LogP contribution is -2.41. The summed E-state index contributed by atoms with van der Waals surface area (Å²) < 4.78 is 0. The molecule has 3 rings (SSSR count). The highest BCUT2D eigenvalue weighted by Gasteiger charge is 2.27. The Bertz CT molecular complexity index is 564. The number of rotatable bonds is 5. The zero-order chi connectivity index (χ0) is 13.2. The molecule has 1 saturated carbocycles. The van der Waals surface area contributed by atoms with Crippen LogP contribution < -0.4 is 10.6 Å². The Morgan fingerprint density at radius 3 is 2.95 bits per heavy atom. The molecule has 0 radical (unpaired) electrons. The molecule has 4 N–H and O–H groups in total. The highest BCUT2D eigenvalue weighted by atomic mass is 16.3. The van der Waals surface area contributed by atoms with Gasteiger partial charge in [0.1, 0.15) is 5.82 Å². The normalized spacial score (nSPS) is 15.6. The Balaban J connectivity index is 2.00. The van der Waals surface area contributed by atoms with Gasteiger partial charge in [-0.2, -0.15) is 15.1 Å². The van der Waals surface area contributed by atoms with Crippen LogP contribution in [-0.2, 0) is 0 Å². The maximum atomic E-state index is 9.06. The number of fused-ring (bicyclic) bond motifs is 1. The minimum Gasteiger partial charge on any atom is -0.396 e. The van der Waals surface area contributed by atoms with Gasteiger partial charge in [-0.05, 0) is 25.7 Å². The van der Waals surface area contributed by atoms with E-state index in [2.05, 4.69) is 25.1 Å². The summed E-state index contributed by atoms with van der Waals surface area (Å²) in [5, 5.41) is 16.8. The highest BCUT2D eigenvalue weighted by Crippen LogP contribution is 2.32. The Morgan fingerprint density at radius 1 is 1.42 bits per heavy atom. The smallest absolute Gasteiger partial charge is 0.224 e. The molecule has 7 heteroatoms. The van der Waals surface area contributed by atoms with E-state index in [-0.39, 0.29) is 12.6 Å². The van der Waals surface area contributed by atoms with Gasteiger partial charge in [-0.25, -0.2) is 0 Å². The Labute approximate surface area is 110 Å². The van der Waals surface area contributed by atoms with Gasteiger partial charge in [0, 0.05) is 19.2 Å². The lowest BCUT2D eigenvalue weighted by molar-refractivity contribution is 0.282. The number of nitrogens with zero attached hydrogens (tertiary/aromatic N) is 4. The largest absolute Gasteiger partial charge is 0.396 e. The highest BCUT2D eigenvalue weighted by molar-refractivity contribution is 5.87. The third kappa shape index (κ3) is 2.21. The first-order valence-corrected chi connectivity index (χ1v) is 6.63. The zero-order valence-electron chi connectivity index (χ0n) is 10.7. The molecular formula is C12H18N6O. The molecule has 0 bridgehead atoms. The molecule has 0 aromatic carbocycles. The molecule has 2 aromatic heterocycles. The van der Waals surface area contributed by atoms with Crippen molar-refractivity contribution in [3.05, 3.63) is 6.20 Å². The first-order chi connectivity index (χ1) is 9.29. The Kier molecular flexibility index (Phi) is 3.20. The van der Waals surface area contributed by atoms with E-state index in [0.29, 0.717) is 11.7 Å². The predicted octanol–water partition coefficient (Wildman–Crippen LogP) is 0.676. The fourth-order valence-electron chi connectivity index (χ4n) is 2.46. The molecule has 0 aliphatic heterocycles. The van der Waals surface area contributed by atoms with Gasteiger partial charge in [0.25, 0.3) is 0 Å². The van der Waals surface area contributed by atoms with Gasteiger partial charge in [0.15, 0.2) is 5.65 Å². The second-order valence-electron chi connectivity index (χ2n) is 4.89. The van der Waals surface area contributed by atoms with E-state index >= 15 is 0 Å². The molecular weight excluding hydrogens is 244 g/mol. The van der Waals surface area contributed by atoms with E-state index in [9.17, 15) is 0 Å². The lowest BCUT2D eigenvalue weighted by atomic mass is 9.91. The summed E-state index contributed by atoms with van der Waals surface area (Å²) in [5.41, 5.74) is 6.43. The summed E-state index contributed by atoms with van der Waals surface area (Å²) in [6.45, 7) is 0.955. The zero-order valence-corrected chi connectivity index (χ0v) is 10.7. The van der Waals surface area contributed by atoms with Crippen molar-refractivity contribution in [3.63, 3.8) is 0 Å². The summed E-state index contributed by atoms with van der Waals surface area (Å²) in [6.07, 6.45) is 6.02. The summed E-state index contributed by atoms with van der Waals surface area (Å²) >= 11 is 0.